The van der Waals surface area contributed by atoms with Gasteiger partial charge in [-0.1, -0.05) is 6.92 Å². The first-order valence-electron chi connectivity index (χ1n) is 5.14. The molecule has 0 aliphatic rings. The van der Waals surface area contributed by atoms with Crippen molar-refractivity contribution in [1.82, 2.24) is 4.72 Å². The summed E-state index contributed by atoms with van der Waals surface area (Å²) >= 11 is 2.52. The van der Waals surface area contributed by atoms with Gasteiger partial charge in [0.05, 0.1) is 4.90 Å². The summed E-state index contributed by atoms with van der Waals surface area (Å²) in [7, 11) is -3.63. The van der Waals surface area contributed by atoms with E-state index in [1.54, 1.807) is 18.7 Å². The number of aromatic carboxylic acids is 1. The molecule has 0 spiro atoms. The number of aryl methyl sites for hydroxylation is 1. The fourth-order valence-electron chi connectivity index (χ4n) is 1.23. The Labute approximate surface area is 115 Å². The normalized spacial score (nSPS) is 13.5. The number of sulfonamides is 1. The predicted molar refractivity (Wildman–Crippen MR) is 74.2 cm³/mol. The maximum atomic E-state index is 12.0. The van der Waals surface area contributed by atoms with E-state index in [9.17, 15) is 13.2 Å². The van der Waals surface area contributed by atoms with Gasteiger partial charge in [-0.25, -0.2) is 17.9 Å². The Kier molecular flexibility index (Phi) is 5.20. The van der Waals surface area contributed by atoms with Crippen LogP contribution < -0.4 is 4.72 Å². The van der Waals surface area contributed by atoms with Gasteiger partial charge in [0.1, 0.15) is 4.88 Å². The summed E-state index contributed by atoms with van der Waals surface area (Å²) in [5, 5.41) is 9.00. The molecule has 1 unspecified atom stereocenters. The summed E-state index contributed by atoms with van der Waals surface area (Å²) in [5.41, 5.74) is 0. The molecule has 0 radical (unpaired) electrons. The molecular weight excluding hydrogens is 294 g/mol. The molecule has 0 aliphatic carbocycles. The van der Waals surface area contributed by atoms with Gasteiger partial charge in [-0.2, -0.15) is 11.8 Å². The third kappa shape index (κ3) is 3.71. The molecule has 5 nitrogen and oxygen atoms in total. The first-order valence-corrected chi connectivity index (χ1v) is 8.73. The van der Waals surface area contributed by atoms with Crippen molar-refractivity contribution in [3.05, 3.63) is 15.8 Å². The Morgan fingerprint density at radius 1 is 1.61 bits per heavy atom. The lowest BCUT2D eigenvalue weighted by Crippen LogP contribution is -2.29. The average Bonchev–Trinajstić information content (AvgIpc) is 2.69. The van der Waals surface area contributed by atoms with Crippen molar-refractivity contribution in [2.45, 2.75) is 24.0 Å². The van der Waals surface area contributed by atoms with E-state index in [0.29, 0.717) is 11.4 Å². The van der Waals surface area contributed by atoms with E-state index in [4.69, 9.17) is 5.11 Å². The van der Waals surface area contributed by atoms with E-state index in [0.717, 1.165) is 11.3 Å². The molecule has 0 aromatic carbocycles. The van der Waals surface area contributed by atoms with Gasteiger partial charge >= 0.3 is 5.97 Å². The monoisotopic (exact) mass is 309 g/mol. The van der Waals surface area contributed by atoms with Gasteiger partial charge in [-0.15, -0.1) is 11.3 Å². The molecule has 0 aliphatic heterocycles. The van der Waals surface area contributed by atoms with Gasteiger partial charge < -0.3 is 5.11 Å². The highest BCUT2D eigenvalue weighted by atomic mass is 32.2. The predicted octanol–water partition coefficient (Wildman–Crippen LogP) is 1.78. The zero-order chi connectivity index (χ0) is 13.9. The summed E-state index contributed by atoms with van der Waals surface area (Å²) in [6.45, 7) is 3.83. The molecule has 18 heavy (non-hydrogen) atoms. The molecule has 1 rings (SSSR count). The number of hydrogen-bond donors (Lipinski definition) is 2. The highest BCUT2D eigenvalue weighted by molar-refractivity contribution is 7.99. The van der Waals surface area contributed by atoms with E-state index in [1.165, 1.54) is 6.07 Å². The first-order chi connectivity index (χ1) is 8.27. The van der Waals surface area contributed by atoms with E-state index < -0.39 is 16.0 Å². The number of carboxylic acid groups (broad SMARTS) is 1. The number of thioether (sulfide) groups is 1. The van der Waals surface area contributed by atoms with Gasteiger partial charge in [0.2, 0.25) is 10.0 Å². The molecular formula is C10H15NO4S3. The molecule has 102 valence electrons. The zero-order valence-corrected chi connectivity index (χ0v) is 12.7. The van der Waals surface area contributed by atoms with Crippen LogP contribution in [0.4, 0.5) is 0 Å². The Hall–Kier alpha value is -0.570. The van der Waals surface area contributed by atoms with Crippen molar-refractivity contribution in [2.75, 3.05) is 12.8 Å². The maximum Gasteiger partial charge on any atom is 0.345 e. The van der Waals surface area contributed by atoms with Crippen LogP contribution in [0.25, 0.3) is 0 Å². The molecule has 1 atom stereocenters. The number of thiophene rings is 1. The molecule has 0 amide bonds. The summed E-state index contributed by atoms with van der Waals surface area (Å²) in [6, 6.07) is 1.20. The van der Waals surface area contributed by atoms with E-state index in [-0.39, 0.29) is 15.0 Å². The molecule has 1 aromatic rings. The second-order valence-corrected chi connectivity index (χ2v) is 8.00. The lowest BCUT2D eigenvalue weighted by Gasteiger charge is -2.10. The van der Waals surface area contributed by atoms with Crippen molar-refractivity contribution in [3.63, 3.8) is 0 Å². The van der Waals surface area contributed by atoms with Crippen LogP contribution in [-0.4, -0.2) is 37.5 Å². The summed E-state index contributed by atoms with van der Waals surface area (Å²) in [6.07, 6.45) is 1.90. The van der Waals surface area contributed by atoms with Crippen LogP contribution in [0, 0.1) is 6.92 Å². The zero-order valence-electron chi connectivity index (χ0n) is 10.3. The quantitative estimate of drug-likeness (QED) is 0.837. The summed E-state index contributed by atoms with van der Waals surface area (Å²) in [5.74, 6) is -1.11. The molecule has 1 heterocycles. The largest absolute Gasteiger partial charge is 0.477 e. The maximum absolute atomic E-state index is 12.0. The molecule has 2 N–H and O–H groups in total. The van der Waals surface area contributed by atoms with Crippen molar-refractivity contribution in [1.29, 1.82) is 0 Å². The average molecular weight is 309 g/mol. The van der Waals surface area contributed by atoms with Crippen LogP contribution in [0.1, 0.15) is 21.5 Å². The standard InChI is InChI=1S/C10H15NO4S3/c1-6(16-3)5-11-18(14,15)9-4-8(10(12)13)17-7(9)2/h4,6,11H,5H2,1-3H3,(H,12,13). The molecule has 1 aromatic heterocycles. The van der Waals surface area contributed by atoms with E-state index >= 15 is 0 Å². The highest BCUT2D eigenvalue weighted by Crippen LogP contribution is 2.25. The van der Waals surface area contributed by atoms with Crippen molar-refractivity contribution >= 4 is 39.1 Å². The van der Waals surface area contributed by atoms with Crippen LogP contribution in [0.3, 0.4) is 0 Å². The fourth-order valence-corrected chi connectivity index (χ4v) is 4.14. The Morgan fingerprint density at radius 2 is 2.22 bits per heavy atom. The second-order valence-electron chi connectivity index (χ2n) is 3.73. The third-order valence-corrected chi connectivity index (χ3v) is 6.02. The second kappa shape index (κ2) is 6.05. The number of hydrogen-bond acceptors (Lipinski definition) is 5. The van der Waals surface area contributed by atoms with Crippen LogP contribution in [-0.2, 0) is 10.0 Å². The fraction of sp³-hybridized carbons (Fsp3) is 0.500. The smallest absolute Gasteiger partial charge is 0.345 e. The van der Waals surface area contributed by atoms with Crippen molar-refractivity contribution in [3.8, 4) is 0 Å². The molecule has 0 saturated heterocycles. The third-order valence-electron chi connectivity index (χ3n) is 2.34. The first kappa shape index (κ1) is 15.5. The minimum absolute atomic E-state index is 0.0331. The number of nitrogens with one attached hydrogen (secondary N) is 1. The molecule has 0 saturated carbocycles. The summed E-state index contributed by atoms with van der Waals surface area (Å²) < 4.78 is 26.5. The van der Waals surface area contributed by atoms with Crippen molar-refractivity contribution in [2.24, 2.45) is 0 Å². The van der Waals surface area contributed by atoms with Crippen LogP contribution in [0.15, 0.2) is 11.0 Å². The van der Waals surface area contributed by atoms with Gasteiger partial charge in [0.25, 0.3) is 0 Å². The van der Waals surface area contributed by atoms with Crippen LogP contribution in [0.2, 0.25) is 0 Å². The van der Waals surface area contributed by atoms with E-state index in [2.05, 4.69) is 4.72 Å². The van der Waals surface area contributed by atoms with E-state index in [1.807, 2.05) is 13.2 Å². The minimum Gasteiger partial charge on any atom is -0.477 e. The molecule has 0 bridgehead atoms. The lowest BCUT2D eigenvalue weighted by molar-refractivity contribution is 0.0702. The minimum atomic E-state index is -3.63. The number of carboxylic acids is 1. The number of rotatable bonds is 6. The molecule has 8 heteroatoms. The molecule has 0 fully saturated rings. The number of carbonyl (C=O) groups is 1. The van der Waals surface area contributed by atoms with Gasteiger partial charge in [-0.3, -0.25) is 0 Å². The van der Waals surface area contributed by atoms with Gasteiger partial charge in [-0.05, 0) is 19.2 Å². The Bertz CT molecular complexity index is 535. The van der Waals surface area contributed by atoms with Crippen LogP contribution in [0.5, 0.6) is 0 Å². The topological polar surface area (TPSA) is 83.5 Å². The SMILES string of the molecule is CSC(C)CNS(=O)(=O)c1cc(C(=O)O)sc1C. The summed E-state index contributed by atoms with van der Waals surface area (Å²) in [4.78, 5) is 11.4. The van der Waals surface area contributed by atoms with Gasteiger partial charge in [0.15, 0.2) is 0 Å². The van der Waals surface area contributed by atoms with Crippen LogP contribution >= 0.6 is 23.1 Å². The Balaban J connectivity index is 2.95. The highest BCUT2D eigenvalue weighted by Gasteiger charge is 2.22. The Morgan fingerprint density at radius 3 is 2.67 bits per heavy atom. The van der Waals surface area contributed by atoms with Gasteiger partial charge in [0, 0.05) is 16.7 Å². The van der Waals surface area contributed by atoms with Crippen molar-refractivity contribution < 1.29 is 18.3 Å². The lowest BCUT2D eigenvalue weighted by atomic mass is 10.4.